The Morgan fingerprint density at radius 3 is 2.48 bits per heavy atom. The Morgan fingerprint density at radius 1 is 1.19 bits per heavy atom. The van der Waals surface area contributed by atoms with Crippen molar-refractivity contribution in [1.82, 2.24) is 20.2 Å². The van der Waals surface area contributed by atoms with E-state index in [1.165, 1.54) is 17.3 Å². The predicted molar refractivity (Wildman–Crippen MR) is 74.0 cm³/mol. The highest BCUT2D eigenvalue weighted by atomic mass is 16.2. The van der Waals surface area contributed by atoms with E-state index in [-0.39, 0.29) is 30.7 Å². The van der Waals surface area contributed by atoms with Gasteiger partial charge in [0, 0.05) is 18.8 Å². The largest absolute Gasteiger partial charge is 0.319 e. The number of rotatable bonds is 1. The fourth-order valence-corrected chi connectivity index (χ4v) is 2.63. The van der Waals surface area contributed by atoms with Crippen molar-refractivity contribution in [2.45, 2.75) is 39.8 Å². The molecule has 3 amide bonds. The van der Waals surface area contributed by atoms with Crippen molar-refractivity contribution < 1.29 is 14.4 Å². The van der Waals surface area contributed by atoms with Gasteiger partial charge in [0.2, 0.25) is 11.8 Å². The molecule has 2 aliphatic heterocycles. The number of imide groups is 1. The van der Waals surface area contributed by atoms with E-state index >= 15 is 0 Å². The van der Waals surface area contributed by atoms with Crippen LogP contribution in [0.1, 0.15) is 43.4 Å². The molecule has 1 aromatic heterocycles. The Hall–Kier alpha value is -2.31. The van der Waals surface area contributed by atoms with Crippen LogP contribution in [0, 0.1) is 5.92 Å². The van der Waals surface area contributed by atoms with Crippen molar-refractivity contribution >= 4 is 17.7 Å². The molecule has 1 aromatic rings. The predicted octanol–water partition coefficient (Wildman–Crippen LogP) is 0.510. The van der Waals surface area contributed by atoms with Gasteiger partial charge < -0.3 is 4.90 Å². The van der Waals surface area contributed by atoms with Crippen molar-refractivity contribution in [3.05, 3.63) is 23.8 Å². The quantitative estimate of drug-likeness (QED) is 0.761. The maximum atomic E-state index is 12.2. The van der Waals surface area contributed by atoms with Gasteiger partial charge in [-0.15, -0.1) is 0 Å². The van der Waals surface area contributed by atoms with Crippen LogP contribution in [0.2, 0.25) is 0 Å². The highest BCUT2D eigenvalue weighted by Crippen LogP contribution is 2.27. The van der Waals surface area contributed by atoms with Crippen molar-refractivity contribution in [3.63, 3.8) is 0 Å². The molecule has 0 aromatic carbocycles. The minimum atomic E-state index is -0.638. The number of fused-ring (bicyclic) bond motifs is 1. The molecule has 1 saturated heterocycles. The van der Waals surface area contributed by atoms with E-state index in [1.807, 2.05) is 13.8 Å². The summed E-state index contributed by atoms with van der Waals surface area (Å²) in [6.07, 6.45) is 3.20. The van der Waals surface area contributed by atoms with Gasteiger partial charge >= 0.3 is 0 Å². The van der Waals surface area contributed by atoms with Crippen molar-refractivity contribution in [3.8, 4) is 0 Å². The summed E-state index contributed by atoms with van der Waals surface area (Å²) < 4.78 is 0. The van der Waals surface area contributed by atoms with Gasteiger partial charge in [-0.3, -0.25) is 24.7 Å². The Bertz CT molecular complexity index is 587. The first-order valence-corrected chi connectivity index (χ1v) is 7.02. The highest BCUT2D eigenvalue weighted by molar-refractivity contribution is 6.04. The monoisotopic (exact) mass is 290 g/mol. The highest BCUT2D eigenvalue weighted by Gasteiger charge is 2.43. The van der Waals surface area contributed by atoms with Gasteiger partial charge in [0.25, 0.3) is 5.91 Å². The zero-order valence-corrected chi connectivity index (χ0v) is 12.3. The number of hydrogen-bond donors (Lipinski definition) is 1. The van der Waals surface area contributed by atoms with Crippen LogP contribution in [0.3, 0.4) is 0 Å². The Balaban J connectivity index is 0.000000774. The number of aromatic nitrogens is 2. The summed E-state index contributed by atoms with van der Waals surface area (Å²) in [5.41, 5.74) is 0.865. The summed E-state index contributed by atoms with van der Waals surface area (Å²) in [6, 6.07) is -0.638. The van der Waals surface area contributed by atoms with Crippen molar-refractivity contribution in [1.29, 1.82) is 0 Å². The smallest absolute Gasteiger partial charge is 0.275 e. The summed E-state index contributed by atoms with van der Waals surface area (Å²) >= 11 is 0. The lowest BCUT2D eigenvalue weighted by molar-refractivity contribution is -0.139. The van der Waals surface area contributed by atoms with Crippen LogP contribution in [-0.2, 0) is 16.1 Å². The SMILES string of the molecule is CC.CC1CC(=O)NC(=O)C1N1Cc2nccnc2C1=O. The van der Waals surface area contributed by atoms with E-state index in [9.17, 15) is 14.4 Å². The second kappa shape index (κ2) is 5.99. The third kappa shape index (κ3) is 2.63. The first kappa shape index (κ1) is 15.1. The number of piperidine rings is 1. The van der Waals surface area contributed by atoms with Gasteiger partial charge in [-0.25, -0.2) is 4.98 Å². The summed E-state index contributed by atoms with van der Waals surface area (Å²) in [5.74, 6) is -1.23. The number of nitrogens with zero attached hydrogens (tertiary/aromatic N) is 3. The molecule has 0 radical (unpaired) electrons. The van der Waals surface area contributed by atoms with E-state index in [2.05, 4.69) is 15.3 Å². The Labute approximate surface area is 122 Å². The molecule has 1 N–H and O–H groups in total. The molecule has 0 bridgehead atoms. The van der Waals surface area contributed by atoms with Gasteiger partial charge in [0.05, 0.1) is 12.2 Å². The molecule has 0 saturated carbocycles. The first-order valence-electron chi connectivity index (χ1n) is 7.02. The summed E-state index contributed by atoms with van der Waals surface area (Å²) in [7, 11) is 0. The Morgan fingerprint density at radius 2 is 1.86 bits per heavy atom. The third-order valence-electron chi connectivity index (χ3n) is 3.47. The van der Waals surface area contributed by atoms with E-state index in [0.29, 0.717) is 11.4 Å². The van der Waals surface area contributed by atoms with Crippen LogP contribution in [0.15, 0.2) is 12.4 Å². The molecule has 1 fully saturated rings. The number of carbonyl (C=O) groups is 3. The second-order valence-electron chi connectivity index (χ2n) is 4.82. The standard InChI is InChI=1S/C12H12N4O3.C2H6/c1-6-4-8(17)15-11(18)10(6)16-5-7-9(12(16)19)14-3-2-13-7;1-2/h2-3,6,10H,4-5H2,1H3,(H,15,17,18);1-2H3. The van der Waals surface area contributed by atoms with Crippen LogP contribution < -0.4 is 5.32 Å². The van der Waals surface area contributed by atoms with Gasteiger partial charge in [-0.2, -0.15) is 0 Å². The Kier molecular flexibility index (Phi) is 4.30. The van der Waals surface area contributed by atoms with E-state index in [0.717, 1.165) is 0 Å². The molecule has 7 heteroatoms. The second-order valence-corrected chi connectivity index (χ2v) is 4.82. The van der Waals surface area contributed by atoms with Crippen molar-refractivity contribution in [2.75, 3.05) is 0 Å². The van der Waals surface area contributed by atoms with Crippen LogP contribution in [-0.4, -0.2) is 38.6 Å². The van der Waals surface area contributed by atoms with Crippen LogP contribution in [0.25, 0.3) is 0 Å². The summed E-state index contributed by atoms with van der Waals surface area (Å²) in [4.78, 5) is 45.0. The maximum absolute atomic E-state index is 12.2. The molecule has 3 heterocycles. The topological polar surface area (TPSA) is 92.3 Å². The molecule has 0 aliphatic carbocycles. The molecule has 2 unspecified atom stereocenters. The molecule has 112 valence electrons. The number of carbonyl (C=O) groups excluding carboxylic acids is 3. The average molecular weight is 290 g/mol. The fourth-order valence-electron chi connectivity index (χ4n) is 2.63. The minimum Gasteiger partial charge on any atom is -0.319 e. The molecular weight excluding hydrogens is 272 g/mol. The van der Waals surface area contributed by atoms with E-state index < -0.39 is 11.9 Å². The average Bonchev–Trinajstić information content (AvgIpc) is 2.78. The third-order valence-corrected chi connectivity index (χ3v) is 3.47. The molecule has 2 atom stereocenters. The normalized spacial score (nSPS) is 24.1. The number of amides is 3. The van der Waals surface area contributed by atoms with Crippen LogP contribution in [0.4, 0.5) is 0 Å². The lowest BCUT2D eigenvalue weighted by Crippen LogP contribution is -2.56. The molecule has 2 aliphatic rings. The molecule has 7 nitrogen and oxygen atoms in total. The van der Waals surface area contributed by atoms with Gasteiger partial charge in [-0.1, -0.05) is 20.8 Å². The number of nitrogens with one attached hydrogen (secondary N) is 1. The lowest BCUT2D eigenvalue weighted by Gasteiger charge is -2.33. The molecule has 3 rings (SSSR count). The fraction of sp³-hybridized carbons (Fsp3) is 0.500. The summed E-state index contributed by atoms with van der Waals surface area (Å²) in [6.45, 7) is 6.05. The molecular formula is C14H18N4O3. The van der Waals surface area contributed by atoms with Gasteiger partial charge in [-0.05, 0) is 5.92 Å². The van der Waals surface area contributed by atoms with Crippen molar-refractivity contribution in [2.24, 2.45) is 5.92 Å². The zero-order chi connectivity index (χ0) is 15.6. The van der Waals surface area contributed by atoms with Crippen LogP contribution >= 0.6 is 0 Å². The molecule has 0 spiro atoms. The lowest BCUT2D eigenvalue weighted by atomic mass is 9.92. The minimum absolute atomic E-state index is 0.209. The van der Waals surface area contributed by atoms with E-state index in [1.54, 1.807) is 6.92 Å². The maximum Gasteiger partial charge on any atom is 0.275 e. The van der Waals surface area contributed by atoms with Gasteiger partial charge in [0.1, 0.15) is 6.04 Å². The first-order chi connectivity index (χ1) is 10.1. The molecule has 21 heavy (non-hydrogen) atoms. The summed E-state index contributed by atoms with van der Waals surface area (Å²) in [5, 5.41) is 2.27. The number of hydrogen-bond acceptors (Lipinski definition) is 5. The zero-order valence-electron chi connectivity index (χ0n) is 12.3. The van der Waals surface area contributed by atoms with E-state index in [4.69, 9.17) is 0 Å². The van der Waals surface area contributed by atoms with Gasteiger partial charge in [0.15, 0.2) is 5.69 Å². The van der Waals surface area contributed by atoms with Crippen LogP contribution in [0.5, 0.6) is 0 Å².